The summed E-state index contributed by atoms with van der Waals surface area (Å²) < 4.78 is 13.8. The predicted octanol–water partition coefficient (Wildman–Crippen LogP) is 4.25. The van der Waals surface area contributed by atoms with Crippen molar-refractivity contribution in [3.8, 4) is 0 Å². The minimum absolute atomic E-state index is 0.0765. The molecule has 0 spiro atoms. The van der Waals surface area contributed by atoms with E-state index in [1.807, 2.05) is 18.2 Å². The highest BCUT2D eigenvalue weighted by molar-refractivity contribution is 5.89. The molecule has 0 aliphatic rings. The summed E-state index contributed by atoms with van der Waals surface area (Å²) in [7, 11) is 0. The molecular weight excluding hydrogens is 265 g/mol. The molecule has 0 amide bonds. The van der Waals surface area contributed by atoms with Crippen molar-refractivity contribution in [1.82, 2.24) is 9.97 Å². The van der Waals surface area contributed by atoms with Crippen LogP contribution in [0.25, 0.3) is 10.9 Å². The van der Waals surface area contributed by atoms with E-state index in [-0.39, 0.29) is 11.9 Å². The van der Waals surface area contributed by atoms with Gasteiger partial charge in [-0.1, -0.05) is 30.3 Å². The molecule has 1 N–H and O–H groups in total. The van der Waals surface area contributed by atoms with E-state index in [2.05, 4.69) is 41.3 Å². The lowest BCUT2D eigenvalue weighted by atomic mass is 10.0. The summed E-state index contributed by atoms with van der Waals surface area (Å²) in [5, 5.41) is 4.04. The van der Waals surface area contributed by atoms with Gasteiger partial charge >= 0.3 is 0 Å². The zero-order valence-corrected chi connectivity index (χ0v) is 12.0. The molecule has 0 bridgehead atoms. The second kappa shape index (κ2) is 5.48. The van der Waals surface area contributed by atoms with E-state index in [0.717, 1.165) is 0 Å². The SMILES string of the molecule is Cc1ccccc1C(C)Nc1ncnc2c(F)cccc12. The number of benzene rings is 2. The molecule has 0 saturated carbocycles. The minimum atomic E-state index is -0.332. The quantitative estimate of drug-likeness (QED) is 0.780. The van der Waals surface area contributed by atoms with Crippen molar-refractivity contribution in [2.45, 2.75) is 19.9 Å². The average molecular weight is 281 g/mol. The molecule has 2 aromatic carbocycles. The smallest absolute Gasteiger partial charge is 0.149 e. The average Bonchev–Trinajstić information content (AvgIpc) is 2.49. The third-order valence-corrected chi connectivity index (χ3v) is 3.62. The zero-order chi connectivity index (χ0) is 14.8. The highest BCUT2D eigenvalue weighted by Crippen LogP contribution is 2.26. The Labute approximate surface area is 122 Å². The number of anilines is 1. The van der Waals surface area contributed by atoms with Gasteiger partial charge in [0.25, 0.3) is 0 Å². The van der Waals surface area contributed by atoms with Gasteiger partial charge in [-0.25, -0.2) is 14.4 Å². The number of nitrogens with zero attached hydrogens (tertiary/aromatic N) is 2. The second-order valence-electron chi connectivity index (χ2n) is 5.08. The van der Waals surface area contributed by atoms with Gasteiger partial charge in [-0.05, 0) is 37.1 Å². The van der Waals surface area contributed by atoms with Crippen LogP contribution < -0.4 is 5.32 Å². The fourth-order valence-electron chi connectivity index (χ4n) is 2.52. The molecule has 3 aromatic rings. The van der Waals surface area contributed by atoms with Crippen molar-refractivity contribution in [3.63, 3.8) is 0 Å². The van der Waals surface area contributed by atoms with Gasteiger partial charge in [0.1, 0.15) is 23.5 Å². The van der Waals surface area contributed by atoms with E-state index < -0.39 is 0 Å². The molecule has 3 rings (SSSR count). The van der Waals surface area contributed by atoms with Crippen molar-refractivity contribution < 1.29 is 4.39 Å². The molecule has 21 heavy (non-hydrogen) atoms. The fraction of sp³-hybridized carbons (Fsp3) is 0.176. The second-order valence-corrected chi connectivity index (χ2v) is 5.08. The number of nitrogens with one attached hydrogen (secondary N) is 1. The fourth-order valence-corrected chi connectivity index (χ4v) is 2.52. The Morgan fingerprint density at radius 3 is 2.67 bits per heavy atom. The summed E-state index contributed by atoms with van der Waals surface area (Å²) in [4.78, 5) is 8.27. The molecule has 3 nitrogen and oxygen atoms in total. The van der Waals surface area contributed by atoms with Crippen molar-refractivity contribution in [1.29, 1.82) is 0 Å². The predicted molar refractivity (Wildman–Crippen MR) is 82.7 cm³/mol. The third kappa shape index (κ3) is 2.57. The molecule has 1 heterocycles. The van der Waals surface area contributed by atoms with Crippen LogP contribution in [-0.4, -0.2) is 9.97 Å². The van der Waals surface area contributed by atoms with E-state index in [1.165, 1.54) is 23.5 Å². The highest BCUT2D eigenvalue weighted by Gasteiger charge is 2.12. The van der Waals surface area contributed by atoms with Crippen molar-refractivity contribution in [2.24, 2.45) is 0 Å². The van der Waals surface area contributed by atoms with Gasteiger partial charge in [0.15, 0.2) is 0 Å². The molecule has 106 valence electrons. The van der Waals surface area contributed by atoms with Gasteiger partial charge in [-0.2, -0.15) is 0 Å². The molecule has 0 aliphatic heterocycles. The molecular formula is C17H16FN3. The molecule has 0 fully saturated rings. The normalized spacial score (nSPS) is 12.3. The summed E-state index contributed by atoms with van der Waals surface area (Å²) in [5.74, 6) is 0.316. The maximum Gasteiger partial charge on any atom is 0.149 e. The van der Waals surface area contributed by atoms with Crippen LogP contribution in [0.15, 0.2) is 48.8 Å². The number of fused-ring (bicyclic) bond motifs is 1. The van der Waals surface area contributed by atoms with Crippen LogP contribution in [0.3, 0.4) is 0 Å². The van der Waals surface area contributed by atoms with E-state index in [9.17, 15) is 4.39 Å². The molecule has 1 aromatic heterocycles. The number of rotatable bonds is 3. The minimum Gasteiger partial charge on any atom is -0.363 e. The van der Waals surface area contributed by atoms with Crippen molar-refractivity contribution >= 4 is 16.7 Å². The first-order chi connectivity index (χ1) is 10.2. The Bertz CT molecular complexity index is 786. The molecule has 0 saturated heterocycles. The topological polar surface area (TPSA) is 37.8 Å². The Morgan fingerprint density at radius 1 is 1.05 bits per heavy atom. The molecule has 1 atom stereocenters. The van der Waals surface area contributed by atoms with E-state index in [4.69, 9.17) is 0 Å². The van der Waals surface area contributed by atoms with Gasteiger partial charge < -0.3 is 5.32 Å². The first-order valence-corrected chi connectivity index (χ1v) is 6.88. The number of aryl methyl sites for hydroxylation is 1. The summed E-state index contributed by atoms with van der Waals surface area (Å²) in [5.41, 5.74) is 2.75. The van der Waals surface area contributed by atoms with Crippen LogP contribution in [0.2, 0.25) is 0 Å². The van der Waals surface area contributed by atoms with Gasteiger partial charge in [0.2, 0.25) is 0 Å². The Balaban J connectivity index is 1.99. The standard InChI is InChI=1S/C17H16FN3/c1-11-6-3-4-7-13(11)12(2)21-17-14-8-5-9-15(18)16(14)19-10-20-17/h3-10,12H,1-2H3,(H,19,20,21). The highest BCUT2D eigenvalue weighted by atomic mass is 19.1. The lowest BCUT2D eigenvalue weighted by Crippen LogP contribution is -2.10. The van der Waals surface area contributed by atoms with Gasteiger partial charge in [-0.15, -0.1) is 0 Å². The Morgan fingerprint density at radius 2 is 1.86 bits per heavy atom. The number of halogens is 1. The lowest BCUT2D eigenvalue weighted by molar-refractivity contribution is 0.636. The van der Waals surface area contributed by atoms with Gasteiger partial charge in [0, 0.05) is 5.39 Å². The van der Waals surface area contributed by atoms with Crippen LogP contribution in [0.4, 0.5) is 10.2 Å². The Kier molecular flexibility index (Phi) is 3.52. The van der Waals surface area contributed by atoms with Gasteiger partial charge in [0.05, 0.1) is 6.04 Å². The number of aromatic nitrogens is 2. The summed E-state index contributed by atoms with van der Waals surface area (Å²) >= 11 is 0. The largest absolute Gasteiger partial charge is 0.363 e. The lowest BCUT2D eigenvalue weighted by Gasteiger charge is -2.18. The van der Waals surface area contributed by atoms with Crippen molar-refractivity contribution in [3.05, 3.63) is 65.7 Å². The number of hydrogen-bond acceptors (Lipinski definition) is 3. The van der Waals surface area contributed by atoms with E-state index in [1.54, 1.807) is 6.07 Å². The van der Waals surface area contributed by atoms with Gasteiger partial charge in [-0.3, -0.25) is 0 Å². The monoisotopic (exact) mass is 281 g/mol. The van der Waals surface area contributed by atoms with Crippen LogP contribution >= 0.6 is 0 Å². The zero-order valence-electron chi connectivity index (χ0n) is 12.0. The van der Waals surface area contributed by atoms with Crippen LogP contribution in [0.1, 0.15) is 24.1 Å². The molecule has 0 aliphatic carbocycles. The van der Waals surface area contributed by atoms with Crippen LogP contribution in [-0.2, 0) is 0 Å². The first kappa shape index (κ1) is 13.5. The van der Waals surface area contributed by atoms with Crippen molar-refractivity contribution in [2.75, 3.05) is 5.32 Å². The molecule has 1 unspecified atom stereocenters. The Hall–Kier alpha value is -2.49. The molecule has 4 heteroatoms. The number of hydrogen-bond donors (Lipinski definition) is 1. The summed E-state index contributed by atoms with van der Waals surface area (Å²) in [6, 6.07) is 13.2. The summed E-state index contributed by atoms with van der Waals surface area (Å²) in [6.45, 7) is 4.14. The van der Waals surface area contributed by atoms with E-state index in [0.29, 0.717) is 16.7 Å². The maximum absolute atomic E-state index is 13.8. The molecule has 0 radical (unpaired) electrons. The summed E-state index contributed by atoms with van der Waals surface area (Å²) in [6.07, 6.45) is 1.39. The third-order valence-electron chi connectivity index (χ3n) is 3.62. The maximum atomic E-state index is 13.8. The van der Waals surface area contributed by atoms with Crippen LogP contribution in [0, 0.1) is 12.7 Å². The number of para-hydroxylation sites is 1. The van der Waals surface area contributed by atoms with Crippen LogP contribution in [0.5, 0.6) is 0 Å². The first-order valence-electron chi connectivity index (χ1n) is 6.88. The van der Waals surface area contributed by atoms with E-state index >= 15 is 0 Å².